The molecule has 2 amide bonds. The minimum atomic E-state index is -0.286. The average Bonchev–Trinajstić information content (AvgIpc) is 2.70. The van der Waals surface area contributed by atoms with E-state index in [-0.39, 0.29) is 24.7 Å². The minimum Gasteiger partial charge on any atom is -0.273 e. The largest absolute Gasteiger partial charge is 0.273 e. The van der Waals surface area contributed by atoms with Gasteiger partial charge in [0.2, 0.25) is 11.8 Å². The van der Waals surface area contributed by atoms with Crippen molar-refractivity contribution < 1.29 is 9.59 Å². The molecule has 2 rings (SSSR count). The molecule has 0 saturated carbocycles. The van der Waals surface area contributed by atoms with Gasteiger partial charge < -0.3 is 0 Å². The van der Waals surface area contributed by atoms with Gasteiger partial charge in [0.25, 0.3) is 0 Å². The van der Waals surface area contributed by atoms with Crippen LogP contribution >= 0.6 is 0 Å². The van der Waals surface area contributed by atoms with E-state index in [0.29, 0.717) is 11.8 Å². The molecule has 0 aromatic heterocycles. The summed E-state index contributed by atoms with van der Waals surface area (Å²) in [5.74, 6) is 0.144. The smallest absolute Gasteiger partial charge is 0.240 e. The molecule has 0 aliphatic heterocycles. The Morgan fingerprint density at radius 3 is 1.57 bits per heavy atom. The topological polar surface area (TPSA) is 82.9 Å². The number of carbonyl (C=O) groups is 2. The zero-order valence-electron chi connectivity index (χ0n) is 18.7. The van der Waals surface area contributed by atoms with Crippen molar-refractivity contribution >= 4 is 23.2 Å². The van der Waals surface area contributed by atoms with E-state index < -0.39 is 0 Å². The van der Waals surface area contributed by atoms with Crippen LogP contribution in [0.3, 0.4) is 0 Å². The summed E-state index contributed by atoms with van der Waals surface area (Å²) in [7, 11) is 0. The van der Waals surface area contributed by atoms with E-state index in [4.69, 9.17) is 0 Å². The molecule has 0 spiro atoms. The van der Waals surface area contributed by atoms with Crippen molar-refractivity contribution in [2.45, 2.75) is 66.2 Å². The highest BCUT2D eigenvalue weighted by atomic mass is 16.2. The van der Waals surface area contributed by atoms with Crippen molar-refractivity contribution in [3.05, 3.63) is 47.6 Å². The van der Waals surface area contributed by atoms with Crippen LogP contribution < -0.4 is 10.9 Å². The minimum absolute atomic E-state index is 0.0589. The summed E-state index contributed by atoms with van der Waals surface area (Å²) in [4.78, 5) is 24.2. The van der Waals surface area contributed by atoms with Gasteiger partial charge in [-0.15, -0.1) is 0 Å². The van der Waals surface area contributed by atoms with Gasteiger partial charge in [0, 0.05) is 12.8 Å². The number of allylic oxidation sites excluding steroid dienone is 6. The fraction of sp³-hybridized carbons (Fsp3) is 0.500. The van der Waals surface area contributed by atoms with E-state index in [2.05, 4.69) is 46.4 Å². The van der Waals surface area contributed by atoms with Gasteiger partial charge in [-0.3, -0.25) is 9.59 Å². The third-order valence-corrected chi connectivity index (χ3v) is 5.81. The highest BCUT2D eigenvalue weighted by molar-refractivity contribution is 6.02. The maximum Gasteiger partial charge on any atom is 0.240 e. The summed E-state index contributed by atoms with van der Waals surface area (Å²) in [5, 5.41) is 8.52. The normalized spacial score (nSPS) is 24.1. The molecule has 6 heteroatoms. The first-order valence-corrected chi connectivity index (χ1v) is 10.5. The van der Waals surface area contributed by atoms with Gasteiger partial charge in [-0.1, -0.05) is 36.5 Å². The summed E-state index contributed by atoms with van der Waals surface area (Å²) in [6, 6.07) is 0. The molecule has 0 radical (unpaired) electrons. The fourth-order valence-corrected chi connectivity index (χ4v) is 3.45. The Balaban J connectivity index is 1.81. The zero-order chi connectivity index (χ0) is 22.3. The van der Waals surface area contributed by atoms with E-state index in [9.17, 15) is 9.59 Å². The predicted molar refractivity (Wildman–Crippen MR) is 123 cm³/mol. The standard InChI is InChI=1S/C24H34N4O2/c1-15(2)19-9-7-17(5)21(13-19)25-27-23(29)11-12-24(30)28-26-22-14-20(16(3)4)10-8-18(22)6/h7-8,19-20H,1,3,9-14H2,2,4-6H3,(H,27,29)(H,28,30)/t19-,20-/m0/s1. The maximum absolute atomic E-state index is 12.1. The number of hydrogen-bond donors (Lipinski definition) is 2. The lowest BCUT2D eigenvalue weighted by atomic mass is 9.85. The molecule has 30 heavy (non-hydrogen) atoms. The van der Waals surface area contributed by atoms with Crippen LogP contribution in [0.15, 0.2) is 57.8 Å². The number of amides is 2. The Morgan fingerprint density at radius 2 is 1.23 bits per heavy atom. The van der Waals surface area contributed by atoms with Crippen molar-refractivity contribution in [3.8, 4) is 0 Å². The van der Waals surface area contributed by atoms with Gasteiger partial charge >= 0.3 is 0 Å². The predicted octanol–water partition coefficient (Wildman–Crippen LogP) is 4.58. The van der Waals surface area contributed by atoms with Gasteiger partial charge in [-0.2, -0.15) is 10.2 Å². The molecule has 0 unspecified atom stereocenters. The van der Waals surface area contributed by atoms with Crippen molar-refractivity contribution in [2.75, 3.05) is 0 Å². The lowest BCUT2D eigenvalue weighted by Gasteiger charge is -2.22. The molecule has 6 nitrogen and oxygen atoms in total. The van der Waals surface area contributed by atoms with E-state index in [1.54, 1.807) is 0 Å². The van der Waals surface area contributed by atoms with Crippen LogP contribution in [0.25, 0.3) is 0 Å². The Morgan fingerprint density at radius 1 is 0.867 bits per heavy atom. The first-order valence-electron chi connectivity index (χ1n) is 10.5. The maximum atomic E-state index is 12.1. The summed E-state index contributed by atoms with van der Waals surface area (Å²) in [6.45, 7) is 16.0. The number of carbonyl (C=O) groups excluding carboxylic acids is 2. The van der Waals surface area contributed by atoms with E-state index in [1.807, 2.05) is 27.7 Å². The average molecular weight is 411 g/mol. The second kappa shape index (κ2) is 10.9. The molecule has 0 heterocycles. The highest BCUT2D eigenvalue weighted by Gasteiger charge is 2.20. The van der Waals surface area contributed by atoms with Crippen LogP contribution in [0.1, 0.15) is 66.2 Å². The first-order chi connectivity index (χ1) is 14.2. The van der Waals surface area contributed by atoms with Crippen LogP contribution in [0.5, 0.6) is 0 Å². The second-order valence-corrected chi connectivity index (χ2v) is 8.43. The second-order valence-electron chi connectivity index (χ2n) is 8.43. The summed E-state index contributed by atoms with van der Waals surface area (Å²) in [6.07, 6.45) is 7.83. The van der Waals surface area contributed by atoms with Gasteiger partial charge in [0.1, 0.15) is 0 Å². The zero-order valence-corrected chi connectivity index (χ0v) is 18.7. The monoisotopic (exact) mass is 410 g/mol. The number of nitrogens with one attached hydrogen (secondary N) is 2. The first kappa shape index (κ1) is 23.5. The van der Waals surface area contributed by atoms with Gasteiger partial charge in [-0.05, 0) is 76.4 Å². The Kier molecular flexibility index (Phi) is 8.51. The van der Waals surface area contributed by atoms with Crippen LogP contribution in [0.2, 0.25) is 0 Å². The molecule has 0 fully saturated rings. The molecule has 162 valence electrons. The van der Waals surface area contributed by atoms with E-state index in [0.717, 1.165) is 59.4 Å². The van der Waals surface area contributed by atoms with Crippen LogP contribution in [-0.2, 0) is 9.59 Å². The quantitative estimate of drug-likeness (QED) is 0.476. The molecule has 0 aromatic rings. The van der Waals surface area contributed by atoms with Gasteiger partial charge in [0.05, 0.1) is 11.4 Å². The van der Waals surface area contributed by atoms with Crippen LogP contribution in [0.4, 0.5) is 0 Å². The molecule has 2 atom stereocenters. The number of hydrogen-bond acceptors (Lipinski definition) is 4. The number of rotatable bonds is 7. The third-order valence-electron chi connectivity index (χ3n) is 5.81. The Hall–Kier alpha value is -2.76. The molecule has 0 bridgehead atoms. The molecule has 2 N–H and O–H groups in total. The van der Waals surface area contributed by atoms with Crippen molar-refractivity contribution in [2.24, 2.45) is 22.0 Å². The molecular formula is C24H34N4O2. The van der Waals surface area contributed by atoms with Crippen LogP contribution in [0, 0.1) is 11.8 Å². The molecular weight excluding hydrogens is 376 g/mol. The SMILES string of the molecule is C=C(C)[C@H]1CC=C(C)C(=NNC(=O)CCC(=O)NN=C2C[C@@H](C(=C)C)CC=C2C)C1. The van der Waals surface area contributed by atoms with Crippen molar-refractivity contribution in [3.63, 3.8) is 0 Å². The molecule has 0 aromatic carbocycles. The van der Waals surface area contributed by atoms with Gasteiger partial charge in [-0.25, -0.2) is 10.9 Å². The summed E-state index contributed by atoms with van der Waals surface area (Å²) in [5.41, 5.74) is 11.3. The van der Waals surface area contributed by atoms with E-state index >= 15 is 0 Å². The van der Waals surface area contributed by atoms with Crippen LogP contribution in [-0.4, -0.2) is 23.2 Å². The van der Waals surface area contributed by atoms with Crippen molar-refractivity contribution in [1.82, 2.24) is 10.9 Å². The van der Waals surface area contributed by atoms with E-state index in [1.165, 1.54) is 0 Å². The van der Waals surface area contributed by atoms with Gasteiger partial charge in [0.15, 0.2) is 0 Å². The fourth-order valence-electron chi connectivity index (χ4n) is 3.45. The lowest BCUT2D eigenvalue weighted by molar-refractivity contribution is -0.126. The number of hydrazone groups is 2. The van der Waals surface area contributed by atoms with Crippen molar-refractivity contribution in [1.29, 1.82) is 0 Å². The number of nitrogens with zero attached hydrogens (tertiary/aromatic N) is 2. The highest BCUT2D eigenvalue weighted by Crippen LogP contribution is 2.27. The Labute approximate surface area is 180 Å². The lowest BCUT2D eigenvalue weighted by Crippen LogP contribution is -2.26. The molecule has 2 aliphatic carbocycles. The molecule has 0 saturated heterocycles. The third kappa shape index (κ3) is 6.94. The Bertz CT molecular complexity index is 775. The summed E-state index contributed by atoms with van der Waals surface area (Å²) >= 11 is 0. The molecule has 2 aliphatic rings. The summed E-state index contributed by atoms with van der Waals surface area (Å²) < 4.78 is 0.